The van der Waals surface area contributed by atoms with Crippen LogP contribution < -0.4 is 5.32 Å². The molecule has 4 heteroatoms. The lowest BCUT2D eigenvalue weighted by Crippen LogP contribution is -2.46. The zero-order valence-corrected chi connectivity index (χ0v) is 13.1. The van der Waals surface area contributed by atoms with Gasteiger partial charge in [-0.1, -0.05) is 6.92 Å². The van der Waals surface area contributed by atoms with E-state index in [1.807, 2.05) is 11.3 Å². The topological polar surface area (TPSA) is 24.5 Å². The zero-order valence-electron chi connectivity index (χ0n) is 12.3. The molecule has 0 bridgehead atoms. The summed E-state index contributed by atoms with van der Waals surface area (Å²) < 4.78 is 5.68. The average molecular weight is 282 g/mol. The standard InChI is InChI=1S/C15H26N2OS/c1-4-7-16-8-14-5-6-15(19-14)10-17-9-13(3)18-11-12(17)2/h5-6,12-13,16H,4,7-11H2,1-3H3. The maximum Gasteiger partial charge on any atom is 0.0674 e. The van der Waals surface area contributed by atoms with Crippen LogP contribution in [0.3, 0.4) is 0 Å². The first kappa shape index (κ1) is 15.0. The van der Waals surface area contributed by atoms with Crippen molar-refractivity contribution in [1.29, 1.82) is 0 Å². The SMILES string of the molecule is CCCNCc1ccc(CN2CC(C)OCC2C)s1. The van der Waals surface area contributed by atoms with E-state index in [0.29, 0.717) is 12.1 Å². The number of rotatable bonds is 6. The van der Waals surface area contributed by atoms with Gasteiger partial charge in [0.1, 0.15) is 0 Å². The third kappa shape index (κ3) is 4.56. The van der Waals surface area contributed by atoms with Gasteiger partial charge in [0.05, 0.1) is 12.7 Å². The van der Waals surface area contributed by atoms with Crippen LogP contribution in [0, 0.1) is 0 Å². The Morgan fingerprint density at radius 3 is 2.95 bits per heavy atom. The van der Waals surface area contributed by atoms with E-state index in [4.69, 9.17) is 4.74 Å². The van der Waals surface area contributed by atoms with Gasteiger partial charge < -0.3 is 10.1 Å². The van der Waals surface area contributed by atoms with Gasteiger partial charge in [0.15, 0.2) is 0 Å². The minimum Gasteiger partial charge on any atom is -0.376 e. The Bertz CT molecular complexity index is 380. The van der Waals surface area contributed by atoms with Crippen LogP contribution in [-0.4, -0.2) is 36.7 Å². The van der Waals surface area contributed by atoms with Crippen LogP contribution in [0.25, 0.3) is 0 Å². The minimum absolute atomic E-state index is 0.363. The maximum atomic E-state index is 5.68. The van der Waals surface area contributed by atoms with Gasteiger partial charge in [0.2, 0.25) is 0 Å². The predicted molar refractivity (Wildman–Crippen MR) is 81.6 cm³/mol. The summed E-state index contributed by atoms with van der Waals surface area (Å²) in [5.74, 6) is 0. The third-order valence-electron chi connectivity index (χ3n) is 3.54. The summed E-state index contributed by atoms with van der Waals surface area (Å²) >= 11 is 1.94. The van der Waals surface area contributed by atoms with Crippen LogP contribution in [0.1, 0.15) is 36.9 Å². The Morgan fingerprint density at radius 1 is 1.37 bits per heavy atom. The molecule has 108 valence electrons. The van der Waals surface area contributed by atoms with Crippen molar-refractivity contribution in [1.82, 2.24) is 10.2 Å². The molecule has 0 spiro atoms. The van der Waals surface area contributed by atoms with Crippen LogP contribution in [0.15, 0.2) is 12.1 Å². The second-order valence-electron chi connectivity index (χ2n) is 5.47. The van der Waals surface area contributed by atoms with Gasteiger partial charge in [-0.25, -0.2) is 0 Å². The number of ether oxygens (including phenoxy) is 1. The van der Waals surface area contributed by atoms with Gasteiger partial charge in [0.25, 0.3) is 0 Å². The second-order valence-corrected chi connectivity index (χ2v) is 6.72. The molecule has 2 heterocycles. The van der Waals surface area contributed by atoms with Gasteiger partial charge in [-0.15, -0.1) is 11.3 Å². The molecule has 0 amide bonds. The highest BCUT2D eigenvalue weighted by molar-refractivity contribution is 7.11. The summed E-state index contributed by atoms with van der Waals surface area (Å²) in [6.45, 7) is 11.7. The molecule has 0 aromatic carbocycles. The number of morpholine rings is 1. The Balaban J connectivity index is 1.84. The number of nitrogens with one attached hydrogen (secondary N) is 1. The van der Waals surface area contributed by atoms with Gasteiger partial charge in [-0.2, -0.15) is 0 Å². The van der Waals surface area contributed by atoms with Crippen molar-refractivity contribution in [2.24, 2.45) is 0 Å². The highest BCUT2D eigenvalue weighted by Crippen LogP contribution is 2.21. The lowest BCUT2D eigenvalue weighted by molar-refractivity contribution is -0.0523. The number of nitrogens with zero attached hydrogens (tertiary/aromatic N) is 1. The number of hydrogen-bond acceptors (Lipinski definition) is 4. The second kappa shape index (κ2) is 7.39. The molecule has 1 aromatic heterocycles. The molecule has 2 rings (SSSR count). The van der Waals surface area contributed by atoms with Crippen LogP contribution >= 0.6 is 11.3 Å². The fourth-order valence-corrected chi connectivity index (χ4v) is 3.40. The summed E-state index contributed by atoms with van der Waals surface area (Å²) in [5, 5.41) is 3.46. The Morgan fingerprint density at radius 2 is 2.16 bits per heavy atom. The summed E-state index contributed by atoms with van der Waals surface area (Å²) in [7, 11) is 0. The molecule has 1 fully saturated rings. The highest BCUT2D eigenvalue weighted by atomic mass is 32.1. The largest absolute Gasteiger partial charge is 0.376 e. The Labute approximate surface area is 121 Å². The van der Waals surface area contributed by atoms with Crippen LogP contribution in [0.4, 0.5) is 0 Å². The van der Waals surface area contributed by atoms with E-state index < -0.39 is 0 Å². The van der Waals surface area contributed by atoms with E-state index in [1.54, 1.807) is 0 Å². The molecule has 2 unspecified atom stereocenters. The molecule has 1 N–H and O–H groups in total. The van der Waals surface area contributed by atoms with E-state index in [0.717, 1.165) is 32.8 Å². The molecule has 1 aliphatic heterocycles. The normalized spacial score (nSPS) is 24.8. The third-order valence-corrected chi connectivity index (χ3v) is 4.61. The van der Waals surface area contributed by atoms with E-state index >= 15 is 0 Å². The van der Waals surface area contributed by atoms with Crippen molar-refractivity contribution in [2.75, 3.05) is 19.7 Å². The fraction of sp³-hybridized carbons (Fsp3) is 0.733. The summed E-state index contributed by atoms with van der Waals surface area (Å²) in [6, 6.07) is 5.07. The van der Waals surface area contributed by atoms with Gasteiger partial charge in [0, 0.05) is 35.4 Å². The maximum absolute atomic E-state index is 5.68. The van der Waals surface area contributed by atoms with Crippen molar-refractivity contribution in [3.05, 3.63) is 21.9 Å². The van der Waals surface area contributed by atoms with E-state index in [1.165, 1.54) is 16.2 Å². The van der Waals surface area contributed by atoms with Crippen molar-refractivity contribution >= 4 is 11.3 Å². The summed E-state index contributed by atoms with van der Waals surface area (Å²) in [6.07, 6.45) is 1.56. The average Bonchev–Trinajstić information content (AvgIpc) is 2.82. The molecule has 3 nitrogen and oxygen atoms in total. The van der Waals surface area contributed by atoms with E-state index in [-0.39, 0.29) is 0 Å². The molecule has 1 aliphatic rings. The molecule has 19 heavy (non-hydrogen) atoms. The predicted octanol–water partition coefficient (Wildman–Crippen LogP) is 2.86. The molecule has 1 aromatic rings. The molecule has 1 saturated heterocycles. The molecular weight excluding hydrogens is 256 g/mol. The fourth-order valence-electron chi connectivity index (χ4n) is 2.38. The van der Waals surface area contributed by atoms with Gasteiger partial charge >= 0.3 is 0 Å². The molecular formula is C15H26N2OS. The lowest BCUT2D eigenvalue weighted by Gasteiger charge is -2.36. The number of thiophene rings is 1. The van der Waals surface area contributed by atoms with Crippen molar-refractivity contribution < 1.29 is 4.74 Å². The summed E-state index contributed by atoms with van der Waals surface area (Å²) in [5.41, 5.74) is 0. The molecule has 2 atom stereocenters. The zero-order chi connectivity index (χ0) is 13.7. The molecule has 0 saturated carbocycles. The van der Waals surface area contributed by atoms with E-state index in [2.05, 4.69) is 43.1 Å². The summed E-state index contributed by atoms with van der Waals surface area (Å²) in [4.78, 5) is 5.44. The first-order valence-electron chi connectivity index (χ1n) is 7.33. The Hall–Kier alpha value is -0.420. The smallest absolute Gasteiger partial charge is 0.0674 e. The molecule has 0 aliphatic carbocycles. The highest BCUT2D eigenvalue weighted by Gasteiger charge is 2.23. The Kier molecular flexibility index (Phi) is 5.82. The first-order chi connectivity index (χ1) is 9.19. The van der Waals surface area contributed by atoms with Crippen LogP contribution in [-0.2, 0) is 17.8 Å². The number of hydrogen-bond donors (Lipinski definition) is 1. The van der Waals surface area contributed by atoms with Crippen molar-refractivity contribution in [3.8, 4) is 0 Å². The lowest BCUT2D eigenvalue weighted by atomic mass is 10.2. The first-order valence-corrected chi connectivity index (χ1v) is 8.14. The van der Waals surface area contributed by atoms with Crippen LogP contribution in [0.2, 0.25) is 0 Å². The van der Waals surface area contributed by atoms with Gasteiger partial charge in [-0.05, 0) is 38.9 Å². The van der Waals surface area contributed by atoms with Gasteiger partial charge in [-0.3, -0.25) is 4.90 Å². The quantitative estimate of drug-likeness (QED) is 0.812. The monoisotopic (exact) mass is 282 g/mol. The molecule has 0 radical (unpaired) electrons. The van der Waals surface area contributed by atoms with Crippen molar-refractivity contribution in [2.45, 2.75) is 52.4 Å². The minimum atomic E-state index is 0.363. The van der Waals surface area contributed by atoms with E-state index in [9.17, 15) is 0 Å². The van der Waals surface area contributed by atoms with Crippen LogP contribution in [0.5, 0.6) is 0 Å². The van der Waals surface area contributed by atoms with Crippen molar-refractivity contribution in [3.63, 3.8) is 0 Å².